The maximum atomic E-state index is 13.5. The third-order valence-corrected chi connectivity index (χ3v) is 3.94. The van der Waals surface area contributed by atoms with Crippen molar-refractivity contribution in [2.45, 2.75) is 19.5 Å². The first-order chi connectivity index (χ1) is 10.2. The minimum Gasteiger partial charge on any atom is -0.348 e. The molecule has 0 saturated carbocycles. The minimum atomic E-state index is -0.317. The lowest BCUT2D eigenvalue weighted by atomic mass is 10.1. The van der Waals surface area contributed by atoms with Crippen molar-refractivity contribution in [1.29, 1.82) is 0 Å². The van der Waals surface area contributed by atoms with Crippen LogP contribution in [-0.2, 0) is 11.3 Å². The Labute approximate surface area is 123 Å². The molecule has 2 heterocycles. The number of hydrogen-bond donors (Lipinski definition) is 0. The summed E-state index contributed by atoms with van der Waals surface area (Å²) in [5, 5.41) is 0. The summed E-state index contributed by atoms with van der Waals surface area (Å²) in [4.78, 5) is 14.1. The van der Waals surface area contributed by atoms with Gasteiger partial charge >= 0.3 is 0 Å². The van der Waals surface area contributed by atoms with E-state index in [1.807, 2.05) is 30.2 Å². The van der Waals surface area contributed by atoms with Gasteiger partial charge < -0.3 is 9.47 Å². The van der Waals surface area contributed by atoms with Gasteiger partial charge in [0.05, 0.1) is 6.04 Å². The topological polar surface area (TPSA) is 25.2 Å². The zero-order chi connectivity index (χ0) is 14.8. The molecule has 1 aromatic heterocycles. The van der Waals surface area contributed by atoms with Gasteiger partial charge in [0.2, 0.25) is 5.91 Å². The smallest absolute Gasteiger partial charge is 0.247 e. The summed E-state index contributed by atoms with van der Waals surface area (Å²) < 4.78 is 15.7. The maximum absolute atomic E-state index is 13.5. The van der Waals surface area contributed by atoms with Gasteiger partial charge in [-0.2, -0.15) is 0 Å². The van der Waals surface area contributed by atoms with Crippen molar-refractivity contribution in [2.75, 3.05) is 6.54 Å². The maximum Gasteiger partial charge on any atom is 0.247 e. The third kappa shape index (κ3) is 2.61. The van der Waals surface area contributed by atoms with E-state index in [0.29, 0.717) is 12.1 Å². The SMILES string of the molecule is C[C@@H]1c2cccn2CCN1C(=O)/C=C\c1ccccc1F. The van der Waals surface area contributed by atoms with Gasteiger partial charge in [0.15, 0.2) is 0 Å². The second-order valence-electron chi connectivity index (χ2n) is 5.19. The zero-order valence-electron chi connectivity index (χ0n) is 11.9. The molecule has 0 saturated heterocycles. The fourth-order valence-electron chi connectivity index (χ4n) is 2.75. The Balaban J connectivity index is 1.76. The second-order valence-corrected chi connectivity index (χ2v) is 5.19. The van der Waals surface area contributed by atoms with Crippen LogP contribution < -0.4 is 0 Å². The summed E-state index contributed by atoms with van der Waals surface area (Å²) in [6.45, 7) is 3.48. The van der Waals surface area contributed by atoms with Crippen LogP contribution in [0.2, 0.25) is 0 Å². The molecular weight excluding hydrogens is 267 g/mol. The molecule has 2 aromatic rings. The third-order valence-electron chi connectivity index (χ3n) is 3.94. The normalized spacial score (nSPS) is 18.0. The van der Waals surface area contributed by atoms with E-state index >= 15 is 0 Å². The summed E-state index contributed by atoms with van der Waals surface area (Å²) in [7, 11) is 0. The van der Waals surface area contributed by atoms with Crippen LogP contribution in [0.1, 0.15) is 24.2 Å². The molecule has 0 aliphatic carbocycles. The van der Waals surface area contributed by atoms with E-state index in [0.717, 1.165) is 12.2 Å². The Morgan fingerprint density at radius 1 is 1.24 bits per heavy atom. The van der Waals surface area contributed by atoms with Gasteiger partial charge in [-0.3, -0.25) is 4.79 Å². The number of halogens is 1. The monoisotopic (exact) mass is 284 g/mol. The molecule has 0 spiro atoms. The van der Waals surface area contributed by atoms with Crippen molar-refractivity contribution in [1.82, 2.24) is 9.47 Å². The Morgan fingerprint density at radius 3 is 2.86 bits per heavy atom. The van der Waals surface area contributed by atoms with Crippen LogP contribution in [0.25, 0.3) is 6.08 Å². The van der Waals surface area contributed by atoms with Crippen LogP contribution in [0.5, 0.6) is 0 Å². The predicted octanol–water partition coefficient (Wildman–Crippen LogP) is 3.24. The highest BCUT2D eigenvalue weighted by Crippen LogP contribution is 2.25. The number of rotatable bonds is 2. The van der Waals surface area contributed by atoms with Gasteiger partial charge in [0.25, 0.3) is 0 Å². The molecule has 1 amide bonds. The fraction of sp³-hybridized carbons (Fsp3) is 0.235. The van der Waals surface area contributed by atoms with Gasteiger partial charge in [-0.15, -0.1) is 0 Å². The van der Waals surface area contributed by atoms with E-state index in [1.54, 1.807) is 18.2 Å². The van der Waals surface area contributed by atoms with Gasteiger partial charge in [-0.25, -0.2) is 4.39 Å². The molecule has 0 fully saturated rings. The van der Waals surface area contributed by atoms with Crippen molar-refractivity contribution in [3.05, 3.63) is 65.7 Å². The average Bonchev–Trinajstić information content (AvgIpc) is 2.96. The molecule has 4 heteroatoms. The number of nitrogens with zero attached hydrogens (tertiary/aromatic N) is 2. The van der Waals surface area contributed by atoms with Crippen molar-refractivity contribution in [3.63, 3.8) is 0 Å². The fourth-order valence-corrected chi connectivity index (χ4v) is 2.75. The number of aromatic nitrogens is 1. The molecule has 3 nitrogen and oxygen atoms in total. The van der Waals surface area contributed by atoms with Crippen LogP contribution in [-0.4, -0.2) is 21.9 Å². The first kappa shape index (κ1) is 13.6. The quantitative estimate of drug-likeness (QED) is 0.777. The molecule has 1 aromatic carbocycles. The predicted molar refractivity (Wildman–Crippen MR) is 80.0 cm³/mol. The molecule has 1 aliphatic heterocycles. The largest absolute Gasteiger partial charge is 0.348 e. The van der Waals surface area contributed by atoms with Crippen LogP contribution >= 0.6 is 0 Å². The molecule has 0 radical (unpaired) electrons. The summed E-state index contributed by atoms with van der Waals surface area (Å²) in [6, 6.07) is 10.5. The van der Waals surface area contributed by atoms with Gasteiger partial charge in [0.1, 0.15) is 5.82 Å². The Hall–Kier alpha value is -2.36. The molecular formula is C17H17FN2O. The van der Waals surface area contributed by atoms with Crippen molar-refractivity contribution < 1.29 is 9.18 Å². The highest BCUT2D eigenvalue weighted by atomic mass is 19.1. The molecule has 108 valence electrons. The second kappa shape index (κ2) is 5.56. The first-order valence-corrected chi connectivity index (χ1v) is 7.05. The van der Waals surface area contributed by atoms with E-state index < -0.39 is 0 Å². The first-order valence-electron chi connectivity index (χ1n) is 7.05. The van der Waals surface area contributed by atoms with Gasteiger partial charge in [-0.05, 0) is 31.2 Å². The number of carbonyl (C=O) groups is 1. The summed E-state index contributed by atoms with van der Waals surface area (Å²) in [6.07, 6.45) is 5.02. The number of fused-ring (bicyclic) bond motifs is 1. The van der Waals surface area contributed by atoms with Gasteiger partial charge in [0, 0.05) is 36.6 Å². The zero-order valence-corrected chi connectivity index (χ0v) is 11.9. The van der Waals surface area contributed by atoms with E-state index in [1.165, 1.54) is 18.2 Å². The average molecular weight is 284 g/mol. The number of amides is 1. The van der Waals surface area contributed by atoms with E-state index in [4.69, 9.17) is 0 Å². The standard InChI is InChI=1S/C17H17FN2O/c1-13-16-7-4-10-19(16)11-12-20(13)17(21)9-8-14-5-2-3-6-15(14)18/h2-10,13H,11-12H2,1H3/b9-8-/t13-/m1/s1. The van der Waals surface area contributed by atoms with Crippen molar-refractivity contribution >= 4 is 12.0 Å². The van der Waals surface area contributed by atoms with Crippen molar-refractivity contribution in [2.24, 2.45) is 0 Å². The Bertz CT molecular complexity index is 690. The number of hydrogen-bond acceptors (Lipinski definition) is 1. The number of benzene rings is 1. The Kier molecular flexibility index (Phi) is 3.60. The molecule has 1 aliphatic rings. The summed E-state index contributed by atoms with van der Waals surface area (Å²) in [5.74, 6) is -0.402. The highest BCUT2D eigenvalue weighted by Gasteiger charge is 2.25. The van der Waals surface area contributed by atoms with E-state index in [9.17, 15) is 9.18 Å². The lowest BCUT2D eigenvalue weighted by Gasteiger charge is -2.34. The van der Waals surface area contributed by atoms with Crippen LogP contribution in [0.15, 0.2) is 48.7 Å². The highest BCUT2D eigenvalue weighted by molar-refractivity contribution is 5.92. The molecule has 0 N–H and O–H groups in total. The van der Waals surface area contributed by atoms with Crippen molar-refractivity contribution in [3.8, 4) is 0 Å². The molecule has 1 atom stereocenters. The summed E-state index contributed by atoms with van der Waals surface area (Å²) in [5.41, 5.74) is 1.56. The Morgan fingerprint density at radius 2 is 2.05 bits per heavy atom. The molecule has 21 heavy (non-hydrogen) atoms. The van der Waals surface area contributed by atoms with Crippen LogP contribution in [0.3, 0.4) is 0 Å². The number of carbonyl (C=O) groups excluding carboxylic acids is 1. The molecule has 0 bridgehead atoms. The minimum absolute atomic E-state index is 0.0338. The lowest BCUT2D eigenvalue weighted by molar-refractivity contribution is -0.129. The van der Waals surface area contributed by atoms with E-state index in [-0.39, 0.29) is 17.8 Å². The van der Waals surface area contributed by atoms with Gasteiger partial charge in [-0.1, -0.05) is 18.2 Å². The van der Waals surface area contributed by atoms with Crippen LogP contribution in [0, 0.1) is 5.82 Å². The van der Waals surface area contributed by atoms with E-state index in [2.05, 4.69) is 4.57 Å². The molecule has 3 rings (SSSR count). The molecule has 0 unspecified atom stereocenters. The summed E-state index contributed by atoms with van der Waals surface area (Å²) >= 11 is 0. The lowest BCUT2D eigenvalue weighted by Crippen LogP contribution is -2.39. The van der Waals surface area contributed by atoms with Crippen LogP contribution in [0.4, 0.5) is 4.39 Å².